The predicted octanol–water partition coefficient (Wildman–Crippen LogP) is 13.5. The van der Waals surface area contributed by atoms with E-state index in [4.69, 9.17) is 61.1 Å². The van der Waals surface area contributed by atoms with Crippen LogP contribution in [0.3, 0.4) is 0 Å². The minimum absolute atomic E-state index is 0.174. The van der Waals surface area contributed by atoms with Crippen molar-refractivity contribution in [1.29, 1.82) is 0 Å². The zero-order valence-corrected chi connectivity index (χ0v) is 60.9. The number of esters is 2. The first-order valence-electron chi connectivity index (χ1n) is 35.4. The molecule has 2 saturated heterocycles. The number of carbonyl (C=O) groups is 2. The van der Waals surface area contributed by atoms with Gasteiger partial charge in [0.1, 0.15) is 71.5 Å². The summed E-state index contributed by atoms with van der Waals surface area (Å²) in [5.41, 5.74) is 10.2. The molecule has 0 spiro atoms. The zero-order valence-electron chi connectivity index (χ0n) is 59.4. The van der Waals surface area contributed by atoms with Crippen LogP contribution < -0.4 is 28.4 Å². The molecule has 0 radical (unpaired) electrons. The third-order valence-corrected chi connectivity index (χ3v) is 20.6. The molecule has 0 unspecified atom stereocenters. The Morgan fingerprint density at radius 3 is 1.25 bits per heavy atom. The Morgan fingerprint density at radius 1 is 0.490 bits per heavy atom. The molecule has 104 heavy (non-hydrogen) atoms. The van der Waals surface area contributed by atoms with E-state index in [9.17, 15) is 18.4 Å². The van der Waals surface area contributed by atoms with Crippen LogP contribution in [-0.2, 0) is 31.9 Å². The summed E-state index contributed by atoms with van der Waals surface area (Å²) in [7, 11) is 6.94. The van der Waals surface area contributed by atoms with Crippen molar-refractivity contribution in [1.82, 2.24) is 48.8 Å². The first-order chi connectivity index (χ1) is 50.6. The molecule has 2 aliphatic carbocycles. The maximum Gasteiger partial charge on any atom is 0.347 e. The highest BCUT2D eigenvalue weighted by atomic mass is 35.5. The largest absolute Gasteiger partial charge is 0.493 e. The summed E-state index contributed by atoms with van der Waals surface area (Å²) >= 11 is 14.1. The van der Waals surface area contributed by atoms with E-state index in [2.05, 4.69) is 53.9 Å². The topological polar surface area (TPSA) is 181 Å². The van der Waals surface area contributed by atoms with Gasteiger partial charge in [0.05, 0.1) is 37.5 Å². The van der Waals surface area contributed by atoms with Gasteiger partial charge in [-0.05, 0) is 159 Å². The SMILES string of the molecule is COC(=O)[C@@H](Cc1ccccc1OCC1CC1)Oc1ncnn2cc(-c3ccc(F)cc3)c(-c3ccc(OCCN4CCN(C)CC4)c(Cl)c3C)c12.COC(=O)[C@H](Cc1ccccc1OCC1CC1)Oc1ncnn2cc(-c3ccc(F)cc3)c(-c3ccc(OCCN4CCN(C)CC4)c(Cl)c3C)c12. The molecule has 24 heteroatoms. The third kappa shape index (κ3) is 17.5. The summed E-state index contributed by atoms with van der Waals surface area (Å²) in [6.45, 7) is 15.9. The fourth-order valence-electron chi connectivity index (χ4n) is 13.1. The average molecular weight is 1460 g/mol. The van der Waals surface area contributed by atoms with Crippen LogP contribution >= 0.6 is 23.2 Å². The fourth-order valence-corrected chi connectivity index (χ4v) is 13.5. The van der Waals surface area contributed by atoms with Gasteiger partial charge in [-0.15, -0.1) is 0 Å². The number of halogens is 4. The molecule has 10 aromatic rings. The lowest BCUT2D eigenvalue weighted by Gasteiger charge is -2.32. The lowest BCUT2D eigenvalue weighted by Crippen LogP contribution is -2.45. The van der Waals surface area contributed by atoms with Gasteiger partial charge in [0.25, 0.3) is 0 Å². The fraction of sp³-hybridized carbons (Fsp3) is 0.375. The Bertz CT molecular complexity index is 4350. The molecule has 20 nitrogen and oxygen atoms in total. The second-order valence-electron chi connectivity index (χ2n) is 27.0. The summed E-state index contributed by atoms with van der Waals surface area (Å²) in [5.74, 6) is 2.26. The second kappa shape index (κ2) is 33.6. The maximum absolute atomic E-state index is 14.1. The number of ether oxygens (including phenoxy) is 8. The first-order valence-corrected chi connectivity index (χ1v) is 36.1. The number of nitrogens with zero attached hydrogens (tertiary/aromatic N) is 10. The minimum atomic E-state index is -1.05. The number of aromatic nitrogens is 6. The molecule has 0 N–H and O–H groups in total. The van der Waals surface area contributed by atoms with Gasteiger partial charge in [0, 0.05) is 113 Å². The number of piperazine rings is 2. The molecule has 4 fully saturated rings. The van der Waals surface area contributed by atoms with Crippen molar-refractivity contribution in [2.45, 2.75) is 64.6 Å². The van der Waals surface area contributed by atoms with Crippen LogP contribution in [0.25, 0.3) is 55.5 Å². The van der Waals surface area contributed by atoms with Gasteiger partial charge in [-0.25, -0.2) is 27.4 Å². The van der Waals surface area contributed by atoms with Crippen LogP contribution in [0, 0.1) is 37.3 Å². The average Bonchev–Trinajstić information content (AvgIpc) is 1.67. The van der Waals surface area contributed by atoms with E-state index in [0.29, 0.717) is 93.5 Å². The molecule has 6 aromatic carbocycles. The van der Waals surface area contributed by atoms with Gasteiger partial charge in [0.2, 0.25) is 24.0 Å². The van der Waals surface area contributed by atoms with E-state index >= 15 is 0 Å². The van der Waals surface area contributed by atoms with Crippen molar-refractivity contribution in [2.24, 2.45) is 11.8 Å². The molecular weight excluding hydrogens is 1370 g/mol. The molecule has 4 aromatic heterocycles. The number of benzene rings is 6. The standard InChI is InChI=1S/2C40H43ClFN5O5/c2*1-26-31(14-15-34(37(26)41)50-21-20-46-18-16-45(2)17-19-46)36-32(28-10-12-30(42)13-11-28)23-47-38(36)39(43-25-44-47)52-35(40(48)49-3)22-29-6-4-5-7-33(29)51-24-27-8-9-27/h2*4-7,10-15,23,25,27,35H,8-9,16-22,24H2,1-3H3/t2*35-/m10/s1. The Hall–Kier alpha value is -9.42. The van der Waals surface area contributed by atoms with Gasteiger partial charge in [-0.1, -0.05) is 96.0 Å². The van der Waals surface area contributed by atoms with Gasteiger partial charge < -0.3 is 47.7 Å². The van der Waals surface area contributed by atoms with E-state index in [1.54, 1.807) is 33.3 Å². The van der Waals surface area contributed by atoms with Crippen LogP contribution in [0.2, 0.25) is 10.0 Å². The van der Waals surface area contributed by atoms with E-state index < -0.39 is 24.1 Å². The van der Waals surface area contributed by atoms with Crippen molar-refractivity contribution in [3.05, 3.63) is 190 Å². The molecule has 0 bridgehead atoms. The van der Waals surface area contributed by atoms with Crippen LogP contribution in [0.5, 0.6) is 34.8 Å². The number of para-hydroxylation sites is 2. The molecule has 14 rings (SSSR count). The lowest BCUT2D eigenvalue weighted by molar-refractivity contribution is -0.149. The lowest BCUT2D eigenvalue weighted by atomic mass is 9.94. The molecule has 544 valence electrons. The van der Waals surface area contributed by atoms with Gasteiger partial charge in [-0.2, -0.15) is 20.2 Å². The van der Waals surface area contributed by atoms with Crippen LogP contribution in [0.4, 0.5) is 8.78 Å². The Kier molecular flexibility index (Phi) is 23.5. The monoisotopic (exact) mass is 1450 g/mol. The molecule has 2 atom stereocenters. The molecular formula is C80H86Cl2F2N10O10. The predicted molar refractivity (Wildman–Crippen MR) is 396 cm³/mol. The number of methoxy groups -OCH3 is 2. The van der Waals surface area contributed by atoms with E-state index in [-0.39, 0.29) is 36.2 Å². The number of rotatable bonds is 28. The van der Waals surface area contributed by atoms with Crippen molar-refractivity contribution < 1.29 is 56.3 Å². The van der Waals surface area contributed by atoms with Gasteiger partial charge in [0.15, 0.2) is 0 Å². The van der Waals surface area contributed by atoms with Crippen molar-refractivity contribution in [2.75, 3.05) is 120 Å². The highest BCUT2D eigenvalue weighted by Crippen LogP contribution is 2.47. The number of carbonyl (C=O) groups excluding carboxylic acids is 2. The highest BCUT2D eigenvalue weighted by Gasteiger charge is 2.33. The van der Waals surface area contributed by atoms with Gasteiger partial charge in [-0.3, -0.25) is 9.80 Å². The van der Waals surface area contributed by atoms with E-state index in [1.165, 1.54) is 51.1 Å². The molecule has 0 amide bonds. The van der Waals surface area contributed by atoms with Crippen molar-refractivity contribution in [3.8, 4) is 79.3 Å². The van der Waals surface area contributed by atoms with Crippen molar-refractivity contribution in [3.63, 3.8) is 0 Å². The Balaban J connectivity index is 0.000000185. The van der Waals surface area contributed by atoms with E-state index in [0.717, 1.165) is 147 Å². The smallest absolute Gasteiger partial charge is 0.347 e. The second-order valence-corrected chi connectivity index (χ2v) is 27.8. The van der Waals surface area contributed by atoms with Crippen molar-refractivity contribution >= 4 is 46.2 Å². The number of fused-ring (bicyclic) bond motifs is 2. The quantitative estimate of drug-likeness (QED) is 0.0422. The number of likely N-dealkylation sites (N-methyl/N-ethyl adjacent to an activating group) is 2. The van der Waals surface area contributed by atoms with Crippen LogP contribution in [0.1, 0.15) is 47.9 Å². The summed E-state index contributed by atoms with van der Waals surface area (Å²) in [6, 6.07) is 35.4. The maximum atomic E-state index is 14.1. The molecule has 2 aliphatic heterocycles. The number of hydrogen-bond acceptors (Lipinski definition) is 18. The Labute approximate surface area is 614 Å². The third-order valence-electron chi connectivity index (χ3n) is 19.7. The van der Waals surface area contributed by atoms with Gasteiger partial charge >= 0.3 is 11.9 Å². The van der Waals surface area contributed by atoms with Crippen LogP contribution in [0.15, 0.2) is 146 Å². The molecule has 4 aliphatic rings. The highest BCUT2D eigenvalue weighted by molar-refractivity contribution is 6.33. The summed E-state index contributed by atoms with van der Waals surface area (Å²) in [6.07, 6.45) is 9.37. The summed E-state index contributed by atoms with van der Waals surface area (Å²) in [4.78, 5) is 45.1. The molecule has 6 heterocycles. The van der Waals surface area contributed by atoms with Crippen LogP contribution in [-0.4, -0.2) is 193 Å². The minimum Gasteiger partial charge on any atom is -0.493 e. The normalized spacial score (nSPS) is 15.8. The first kappa shape index (κ1) is 72.9. The number of hydrogen-bond donors (Lipinski definition) is 0. The summed E-state index contributed by atoms with van der Waals surface area (Å²) in [5, 5.41) is 10.00. The zero-order chi connectivity index (χ0) is 72.4. The van der Waals surface area contributed by atoms with E-state index in [1.807, 2.05) is 99.0 Å². The summed E-state index contributed by atoms with van der Waals surface area (Å²) < 4.78 is 79.6. The Morgan fingerprint density at radius 2 is 0.875 bits per heavy atom. The molecule has 2 saturated carbocycles.